The third-order valence-corrected chi connectivity index (χ3v) is 3.44. The molecule has 0 N–H and O–H groups in total. The zero-order chi connectivity index (χ0) is 12.6. The van der Waals surface area contributed by atoms with Gasteiger partial charge in [0.25, 0.3) is 0 Å². The molecule has 0 saturated carbocycles. The number of hydrogen-bond acceptors (Lipinski definition) is 4. The second-order valence-electron chi connectivity index (χ2n) is 4.73. The maximum absolute atomic E-state index is 11.7. The van der Waals surface area contributed by atoms with Crippen LogP contribution in [0.1, 0.15) is 34.1 Å². The molecule has 0 aromatic rings. The van der Waals surface area contributed by atoms with Crippen LogP contribution in [-0.2, 0) is 19.1 Å². The monoisotopic (exact) mass is 244 g/mol. The van der Waals surface area contributed by atoms with Crippen molar-refractivity contribution in [3.63, 3.8) is 0 Å². The predicted octanol–water partition coefficient (Wildman–Crippen LogP) is 2.14. The summed E-state index contributed by atoms with van der Waals surface area (Å²) in [7, 11) is -3.95. The van der Waals surface area contributed by atoms with E-state index < -0.39 is 16.1 Å². The van der Waals surface area contributed by atoms with E-state index in [9.17, 15) is 13.2 Å². The van der Waals surface area contributed by atoms with Gasteiger partial charge in [0, 0.05) is 6.92 Å². The van der Waals surface area contributed by atoms with Gasteiger partial charge in [0.15, 0.2) is 0 Å². The molecule has 1 rings (SSSR count). The number of rotatable bonds is 2. The van der Waals surface area contributed by atoms with Gasteiger partial charge in [0.2, 0.25) is 0 Å². The summed E-state index contributed by atoms with van der Waals surface area (Å²) >= 11 is 0. The third kappa shape index (κ3) is 3.20. The summed E-state index contributed by atoms with van der Waals surface area (Å²) < 4.78 is 27.7. The molecule has 0 aromatic carbocycles. The molecule has 0 heterocycles. The van der Waals surface area contributed by atoms with Crippen LogP contribution < -0.4 is 0 Å². The van der Waals surface area contributed by atoms with Crippen molar-refractivity contribution < 1.29 is 17.4 Å². The fourth-order valence-electron chi connectivity index (χ4n) is 1.84. The Labute approximate surface area is 96.1 Å². The first-order valence-corrected chi connectivity index (χ1v) is 6.38. The third-order valence-electron chi connectivity index (χ3n) is 2.17. The van der Waals surface area contributed by atoms with Crippen molar-refractivity contribution in [3.05, 3.63) is 22.6 Å². The molecule has 0 aliphatic heterocycles. The lowest BCUT2D eigenvalue weighted by atomic mass is 9.82. The quantitative estimate of drug-likeness (QED) is 0.698. The Bertz CT molecular complexity index is 466. The van der Waals surface area contributed by atoms with Gasteiger partial charge < -0.3 is 4.18 Å². The summed E-state index contributed by atoms with van der Waals surface area (Å²) in [6.07, 6.45) is 3.97. The first-order chi connectivity index (χ1) is 7.12. The highest BCUT2D eigenvalue weighted by Crippen LogP contribution is 2.34. The number of hydrogen-bond donors (Lipinski definition) is 0. The topological polar surface area (TPSA) is 60.4 Å². The molecule has 0 aromatic heterocycles. The van der Waals surface area contributed by atoms with Crippen LogP contribution in [-0.4, -0.2) is 14.4 Å². The van der Waals surface area contributed by atoms with Crippen molar-refractivity contribution in [2.75, 3.05) is 0 Å². The predicted molar refractivity (Wildman–Crippen MR) is 60.9 cm³/mol. The van der Waals surface area contributed by atoms with Crippen LogP contribution in [0, 0.1) is 5.41 Å². The van der Waals surface area contributed by atoms with Crippen LogP contribution >= 0.6 is 0 Å². The first-order valence-electron chi connectivity index (χ1n) is 4.97. The summed E-state index contributed by atoms with van der Waals surface area (Å²) in [6, 6.07) is 0. The molecule has 0 radical (unpaired) electrons. The Morgan fingerprint density at radius 2 is 2.00 bits per heavy atom. The minimum atomic E-state index is -3.95. The molecule has 4 nitrogen and oxygen atoms in total. The molecule has 0 unspecified atom stereocenters. The van der Waals surface area contributed by atoms with E-state index in [1.54, 1.807) is 12.2 Å². The Balaban J connectivity index is 3.14. The van der Waals surface area contributed by atoms with Gasteiger partial charge in [-0.15, -0.1) is 0 Å². The zero-order valence-electron chi connectivity index (χ0n) is 9.90. The van der Waals surface area contributed by atoms with Crippen LogP contribution in [0.5, 0.6) is 0 Å². The van der Waals surface area contributed by atoms with Crippen LogP contribution in [0.25, 0.3) is 0 Å². The molecule has 0 amide bonds. The second kappa shape index (κ2) is 4.05. The van der Waals surface area contributed by atoms with Gasteiger partial charge in [-0.3, -0.25) is 4.79 Å². The fraction of sp³-hybridized carbons (Fsp3) is 0.545. The Morgan fingerprint density at radius 3 is 2.44 bits per heavy atom. The number of carbonyl (C=O) groups is 1. The zero-order valence-corrected chi connectivity index (χ0v) is 10.7. The highest BCUT2D eigenvalue weighted by atomic mass is 32.2. The molecule has 5 heteroatoms. The lowest BCUT2D eigenvalue weighted by Crippen LogP contribution is -2.19. The largest absolute Gasteiger partial charge is 0.343 e. The lowest BCUT2D eigenvalue weighted by Gasteiger charge is -2.25. The minimum Gasteiger partial charge on any atom is -0.343 e. The van der Waals surface area contributed by atoms with Gasteiger partial charge in [-0.05, 0) is 24.8 Å². The molecular weight excluding hydrogens is 228 g/mol. The normalized spacial score (nSPS) is 19.8. The average molecular weight is 244 g/mol. The van der Waals surface area contributed by atoms with E-state index in [2.05, 4.69) is 4.18 Å². The van der Waals surface area contributed by atoms with E-state index in [1.165, 1.54) is 0 Å². The second-order valence-corrected chi connectivity index (χ2v) is 6.28. The van der Waals surface area contributed by atoms with E-state index >= 15 is 0 Å². The van der Waals surface area contributed by atoms with E-state index in [0.717, 1.165) is 18.9 Å². The van der Waals surface area contributed by atoms with E-state index in [1.807, 2.05) is 20.8 Å². The van der Waals surface area contributed by atoms with Gasteiger partial charge in [-0.1, -0.05) is 25.5 Å². The summed E-state index contributed by atoms with van der Waals surface area (Å²) in [5.41, 5.74) is 0.722. The number of allylic oxidation sites excluding steroid dienone is 3. The SMILES string of the molecule is CC(=O)OS(=O)(=O)C1=CC(C)(C)CC(C)=C1. The highest BCUT2D eigenvalue weighted by molar-refractivity contribution is 7.91. The van der Waals surface area contributed by atoms with Crippen molar-refractivity contribution in [2.24, 2.45) is 5.41 Å². The molecule has 0 atom stereocenters. The van der Waals surface area contributed by atoms with Crippen LogP contribution in [0.4, 0.5) is 0 Å². The van der Waals surface area contributed by atoms with Crippen molar-refractivity contribution in [1.29, 1.82) is 0 Å². The van der Waals surface area contributed by atoms with Gasteiger partial charge >= 0.3 is 16.1 Å². The standard InChI is InChI=1S/C11H16O4S/c1-8-5-10(7-11(3,4)6-8)16(13,14)15-9(2)12/h5,7H,6H2,1-4H3. The molecule has 90 valence electrons. The summed E-state index contributed by atoms with van der Waals surface area (Å²) in [5, 5.41) is 0. The molecule has 1 aliphatic carbocycles. The fourth-order valence-corrected chi connectivity index (χ4v) is 3.05. The summed E-state index contributed by atoms with van der Waals surface area (Å²) in [5.74, 6) is -0.824. The minimum absolute atomic E-state index is 0.0662. The van der Waals surface area contributed by atoms with E-state index in [0.29, 0.717) is 0 Å². The van der Waals surface area contributed by atoms with Crippen LogP contribution in [0.2, 0.25) is 0 Å². The number of carbonyl (C=O) groups excluding carboxylic acids is 1. The first kappa shape index (κ1) is 13.0. The molecule has 1 aliphatic rings. The summed E-state index contributed by atoms with van der Waals surface area (Å²) in [4.78, 5) is 10.8. The van der Waals surface area contributed by atoms with Gasteiger partial charge in [0.1, 0.15) is 4.91 Å². The molecule has 0 bridgehead atoms. The van der Waals surface area contributed by atoms with E-state index in [4.69, 9.17) is 0 Å². The maximum atomic E-state index is 11.7. The van der Waals surface area contributed by atoms with Gasteiger partial charge in [0.05, 0.1) is 0 Å². The van der Waals surface area contributed by atoms with Crippen LogP contribution in [0.15, 0.2) is 22.6 Å². The molecule has 0 saturated heterocycles. The van der Waals surface area contributed by atoms with Crippen molar-refractivity contribution in [2.45, 2.75) is 34.1 Å². The van der Waals surface area contributed by atoms with Crippen LogP contribution in [0.3, 0.4) is 0 Å². The van der Waals surface area contributed by atoms with Gasteiger partial charge in [-0.25, -0.2) is 0 Å². The molecule has 16 heavy (non-hydrogen) atoms. The summed E-state index contributed by atoms with van der Waals surface area (Å²) in [6.45, 7) is 6.81. The maximum Gasteiger partial charge on any atom is 0.341 e. The Morgan fingerprint density at radius 1 is 1.44 bits per heavy atom. The van der Waals surface area contributed by atoms with Crippen molar-refractivity contribution in [3.8, 4) is 0 Å². The Kier molecular flexibility index (Phi) is 3.28. The lowest BCUT2D eigenvalue weighted by molar-refractivity contribution is -0.131. The van der Waals surface area contributed by atoms with Crippen molar-refractivity contribution in [1.82, 2.24) is 0 Å². The highest BCUT2D eigenvalue weighted by Gasteiger charge is 2.28. The van der Waals surface area contributed by atoms with Crippen molar-refractivity contribution >= 4 is 16.1 Å². The average Bonchev–Trinajstić information content (AvgIpc) is 1.96. The van der Waals surface area contributed by atoms with Gasteiger partial charge in [-0.2, -0.15) is 8.42 Å². The molecule has 0 fully saturated rings. The molecular formula is C11H16O4S. The Hall–Kier alpha value is -1.10. The smallest absolute Gasteiger partial charge is 0.341 e. The molecule has 0 spiro atoms. The van der Waals surface area contributed by atoms with E-state index in [-0.39, 0.29) is 10.3 Å².